The maximum Gasteiger partial charge on any atom is 0.238 e. The lowest BCUT2D eigenvalue weighted by atomic mass is 9.73. The number of carbonyl (C=O) groups excluding carboxylic acids is 2. The Kier molecular flexibility index (Phi) is 5.67. The molecule has 2 heterocycles. The number of fused-ring (bicyclic) bond motifs is 1. The monoisotopic (exact) mass is 391 g/mol. The molecule has 1 atom stereocenters. The van der Waals surface area contributed by atoms with Gasteiger partial charge < -0.3 is 15.5 Å². The van der Waals surface area contributed by atoms with Crippen molar-refractivity contribution in [2.24, 2.45) is 5.92 Å². The van der Waals surface area contributed by atoms with Gasteiger partial charge >= 0.3 is 0 Å². The fourth-order valence-electron chi connectivity index (χ4n) is 4.75. The molecule has 0 bridgehead atoms. The van der Waals surface area contributed by atoms with Crippen LogP contribution >= 0.6 is 0 Å². The van der Waals surface area contributed by atoms with Crippen molar-refractivity contribution >= 4 is 17.5 Å². The Bertz CT molecular complexity index is 877. The molecule has 1 saturated heterocycles. The van der Waals surface area contributed by atoms with Gasteiger partial charge in [-0.1, -0.05) is 48.5 Å². The summed E-state index contributed by atoms with van der Waals surface area (Å²) in [5, 5.41) is 6.47. The van der Waals surface area contributed by atoms with E-state index in [4.69, 9.17) is 0 Å². The molecule has 0 radical (unpaired) electrons. The Morgan fingerprint density at radius 2 is 1.79 bits per heavy atom. The third kappa shape index (κ3) is 3.92. The predicted octanol–water partition coefficient (Wildman–Crippen LogP) is 2.65. The average Bonchev–Trinajstić information content (AvgIpc) is 2.96. The third-order valence-electron chi connectivity index (χ3n) is 6.35. The van der Waals surface area contributed by atoms with Crippen LogP contribution in [0.4, 0.5) is 5.69 Å². The smallest absolute Gasteiger partial charge is 0.238 e. The fourth-order valence-corrected chi connectivity index (χ4v) is 4.75. The first-order chi connectivity index (χ1) is 14.1. The lowest BCUT2D eigenvalue weighted by Crippen LogP contribution is -2.45. The average molecular weight is 392 g/mol. The van der Waals surface area contributed by atoms with Crippen LogP contribution < -0.4 is 15.5 Å². The topological polar surface area (TPSA) is 61.4 Å². The van der Waals surface area contributed by atoms with E-state index in [9.17, 15) is 9.59 Å². The van der Waals surface area contributed by atoms with Gasteiger partial charge in [0.1, 0.15) is 0 Å². The van der Waals surface area contributed by atoms with Crippen LogP contribution in [0.15, 0.2) is 54.6 Å². The second kappa shape index (κ2) is 8.37. The Labute approximate surface area is 172 Å². The minimum Gasteiger partial charge on any atom is -0.356 e. The van der Waals surface area contributed by atoms with Crippen LogP contribution in [-0.4, -0.2) is 38.5 Å². The molecule has 0 spiro atoms. The van der Waals surface area contributed by atoms with Gasteiger partial charge in [0.2, 0.25) is 11.8 Å². The molecule has 2 aromatic rings. The molecule has 5 nitrogen and oxygen atoms in total. The molecule has 0 saturated carbocycles. The Balaban J connectivity index is 1.59. The first-order valence-corrected chi connectivity index (χ1v) is 10.5. The number of likely N-dealkylation sites (N-methyl/N-ethyl adjacent to an activating group) is 1. The van der Waals surface area contributed by atoms with Gasteiger partial charge in [-0.25, -0.2) is 0 Å². The predicted molar refractivity (Wildman–Crippen MR) is 115 cm³/mol. The quantitative estimate of drug-likeness (QED) is 0.796. The first-order valence-electron chi connectivity index (χ1n) is 10.5. The molecule has 29 heavy (non-hydrogen) atoms. The summed E-state index contributed by atoms with van der Waals surface area (Å²) in [6.45, 7) is 2.71. The molecular formula is C24H29N3O2. The number of para-hydroxylation sites is 1. The minimum atomic E-state index is -0.856. The molecule has 1 fully saturated rings. The summed E-state index contributed by atoms with van der Waals surface area (Å²) < 4.78 is 0. The molecule has 5 heteroatoms. The highest BCUT2D eigenvalue weighted by Gasteiger charge is 2.50. The number of rotatable bonds is 6. The number of nitrogens with zero attached hydrogens (tertiary/aromatic N) is 1. The van der Waals surface area contributed by atoms with Crippen LogP contribution in [0.2, 0.25) is 0 Å². The zero-order chi connectivity index (χ0) is 20.3. The Morgan fingerprint density at radius 1 is 1.10 bits per heavy atom. The van der Waals surface area contributed by atoms with Gasteiger partial charge in [-0.05, 0) is 55.5 Å². The van der Waals surface area contributed by atoms with Crippen molar-refractivity contribution in [2.45, 2.75) is 31.1 Å². The molecular weight excluding hydrogens is 362 g/mol. The second-order valence-corrected chi connectivity index (χ2v) is 8.30. The highest BCUT2D eigenvalue weighted by molar-refractivity contribution is 6.09. The number of anilines is 1. The summed E-state index contributed by atoms with van der Waals surface area (Å²) in [6.07, 6.45) is 2.86. The van der Waals surface area contributed by atoms with Gasteiger partial charge in [-0.3, -0.25) is 9.59 Å². The van der Waals surface area contributed by atoms with E-state index in [0.29, 0.717) is 18.9 Å². The normalized spacial score (nSPS) is 21.8. The molecule has 2 aliphatic rings. The molecule has 2 N–H and O–H groups in total. The van der Waals surface area contributed by atoms with Gasteiger partial charge in [-0.15, -0.1) is 0 Å². The van der Waals surface area contributed by atoms with Gasteiger partial charge in [0, 0.05) is 25.7 Å². The first kappa shape index (κ1) is 19.6. The lowest BCUT2D eigenvalue weighted by Gasteiger charge is -2.29. The highest BCUT2D eigenvalue weighted by atomic mass is 16.2. The van der Waals surface area contributed by atoms with Gasteiger partial charge in [-0.2, -0.15) is 0 Å². The fraction of sp³-hybridized carbons (Fsp3) is 0.417. The van der Waals surface area contributed by atoms with E-state index in [1.54, 1.807) is 11.9 Å². The van der Waals surface area contributed by atoms with Crippen LogP contribution in [0.1, 0.15) is 30.4 Å². The summed E-state index contributed by atoms with van der Waals surface area (Å²) in [5.74, 6) is 0.469. The Morgan fingerprint density at radius 3 is 2.55 bits per heavy atom. The number of benzene rings is 2. The SMILES string of the molecule is CN1C(=O)[C@](CC(=O)NCC2CCNCC2)(Cc2ccccc2)c2ccccc21. The van der Waals surface area contributed by atoms with E-state index in [1.165, 1.54) is 0 Å². The number of piperidine rings is 1. The number of hydrogen-bond acceptors (Lipinski definition) is 3. The summed E-state index contributed by atoms with van der Waals surface area (Å²) in [6, 6.07) is 17.9. The molecule has 2 aliphatic heterocycles. The van der Waals surface area contributed by atoms with Crippen molar-refractivity contribution in [3.63, 3.8) is 0 Å². The zero-order valence-electron chi connectivity index (χ0n) is 17.0. The zero-order valence-corrected chi connectivity index (χ0v) is 17.0. The van der Waals surface area contributed by atoms with E-state index in [-0.39, 0.29) is 18.2 Å². The maximum absolute atomic E-state index is 13.5. The number of nitrogens with one attached hydrogen (secondary N) is 2. The van der Waals surface area contributed by atoms with Crippen LogP contribution in [-0.2, 0) is 21.4 Å². The van der Waals surface area contributed by atoms with Crippen molar-refractivity contribution in [3.8, 4) is 0 Å². The lowest BCUT2D eigenvalue weighted by molar-refractivity contribution is -0.129. The molecule has 4 rings (SSSR count). The Hall–Kier alpha value is -2.66. The largest absolute Gasteiger partial charge is 0.356 e. The summed E-state index contributed by atoms with van der Waals surface area (Å²) >= 11 is 0. The molecule has 0 unspecified atom stereocenters. The van der Waals surface area contributed by atoms with Crippen molar-refractivity contribution in [2.75, 3.05) is 31.6 Å². The summed E-state index contributed by atoms with van der Waals surface area (Å²) in [7, 11) is 1.81. The number of amides is 2. The molecule has 2 amide bonds. The highest BCUT2D eigenvalue weighted by Crippen LogP contribution is 2.45. The molecule has 0 aromatic heterocycles. The van der Waals surface area contributed by atoms with Crippen molar-refractivity contribution in [1.29, 1.82) is 0 Å². The number of hydrogen-bond donors (Lipinski definition) is 2. The van der Waals surface area contributed by atoms with E-state index < -0.39 is 5.41 Å². The van der Waals surface area contributed by atoms with E-state index in [2.05, 4.69) is 10.6 Å². The second-order valence-electron chi connectivity index (χ2n) is 8.30. The molecule has 2 aromatic carbocycles. The minimum absolute atomic E-state index is 0.000399. The van der Waals surface area contributed by atoms with E-state index in [1.807, 2.05) is 54.6 Å². The van der Waals surface area contributed by atoms with Gasteiger partial charge in [0.05, 0.1) is 5.41 Å². The third-order valence-corrected chi connectivity index (χ3v) is 6.35. The molecule has 152 valence electrons. The van der Waals surface area contributed by atoms with Crippen LogP contribution in [0, 0.1) is 5.92 Å². The van der Waals surface area contributed by atoms with E-state index in [0.717, 1.165) is 42.7 Å². The van der Waals surface area contributed by atoms with Crippen LogP contribution in [0.3, 0.4) is 0 Å². The standard InChI is InChI=1S/C24H29N3O2/c1-27-21-10-6-5-9-20(21)24(23(27)29,15-18-7-3-2-4-8-18)16-22(28)26-17-19-11-13-25-14-12-19/h2-10,19,25H,11-17H2,1H3,(H,26,28)/t24-/m0/s1. The van der Waals surface area contributed by atoms with Crippen molar-refractivity contribution in [1.82, 2.24) is 10.6 Å². The van der Waals surface area contributed by atoms with Crippen LogP contribution in [0.25, 0.3) is 0 Å². The summed E-state index contributed by atoms with van der Waals surface area (Å²) in [5.41, 5.74) is 2.07. The van der Waals surface area contributed by atoms with Gasteiger partial charge in [0.25, 0.3) is 0 Å². The van der Waals surface area contributed by atoms with Crippen molar-refractivity contribution in [3.05, 3.63) is 65.7 Å². The summed E-state index contributed by atoms with van der Waals surface area (Å²) in [4.78, 5) is 28.2. The van der Waals surface area contributed by atoms with Gasteiger partial charge in [0.15, 0.2) is 0 Å². The maximum atomic E-state index is 13.5. The van der Waals surface area contributed by atoms with Crippen LogP contribution in [0.5, 0.6) is 0 Å². The van der Waals surface area contributed by atoms with Crippen molar-refractivity contribution < 1.29 is 9.59 Å². The number of carbonyl (C=O) groups is 2. The van der Waals surface area contributed by atoms with E-state index >= 15 is 0 Å². The molecule has 0 aliphatic carbocycles.